The van der Waals surface area contributed by atoms with Gasteiger partial charge in [-0.1, -0.05) is 60.7 Å². The van der Waals surface area contributed by atoms with E-state index >= 15 is 0 Å². The monoisotopic (exact) mass is 284 g/mol. The number of hydrogen-bond acceptors (Lipinski definition) is 1. The van der Waals surface area contributed by atoms with Crippen LogP contribution < -0.4 is 10.6 Å². The Morgan fingerprint density at radius 1 is 1.00 bits per heavy atom. The molecule has 0 bridgehead atoms. The molecule has 0 aliphatic rings. The van der Waals surface area contributed by atoms with Gasteiger partial charge in [0.15, 0.2) is 5.11 Å². The SMILES string of the molecule is C[C@@H](NC(=S)NCCc1ccccc1)c1ccccc1. The quantitative estimate of drug-likeness (QED) is 0.822. The Morgan fingerprint density at radius 2 is 1.60 bits per heavy atom. The summed E-state index contributed by atoms with van der Waals surface area (Å²) in [5, 5.41) is 7.26. The zero-order valence-electron chi connectivity index (χ0n) is 11.7. The molecular weight excluding hydrogens is 264 g/mol. The van der Waals surface area contributed by atoms with Crippen LogP contribution in [0.2, 0.25) is 0 Å². The fourth-order valence-electron chi connectivity index (χ4n) is 2.04. The predicted molar refractivity (Wildman–Crippen MR) is 88.7 cm³/mol. The zero-order valence-corrected chi connectivity index (χ0v) is 12.5. The lowest BCUT2D eigenvalue weighted by molar-refractivity contribution is 0.696. The Kier molecular flexibility index (Phi) is 5.56. The molecule has 0 aromatic heterocycles. The van der Waals surface area contributed by atoms with E-state index in [2.05, 4.69) is 54.0 Å². The number of thiocarbonyl (C=S) groups is 1. The van der Waals surface area contributed by atoms with Crippen molar-refractivity contribution >= 4 is 17.3 Å². The summed E-state index contributed by atoms with van der Waals surface area (Å²) in [5.41, 5.74) is 2.55. The van der Waals surface area contributed by atoms with Gasteiger partial charge in [-0.3, -0.25) is 0 Å². The molecule has 0 unspecified atom stereocenters. The molecule has 3 heteroatoms. The average Bonchev–Trinajstić information content (AvgIpc) is 2.49. The second-order valence-electron chi connectivity index (χ2n) is 4.77. The summed E-state index contributed by atoms with van der Waals surface area (Å²) in [5.74, 6) is 0. The van der Waals surface area contributed by atoms with Gasteiger partial charge in [-0.2, -0.15) is 0 Å². The van der Waals surface area contributed by atoms with Crippen LogP contribution in [0.15, 0.2) is 60.7 Å². The standard InChI is InChI=1S/C17H20N2S/c1-14(16-10-6-3-7-11-16)19-17(20)18-13-12-15-8-4-2-5-9-15/h2-11,14H,12-13H2,1H3,(H2,18,19,20)/t14-/m1/s1. The van der Waals surface area contributed by atoms with Crippen molar-refractivity contribution in [3.63, 3.8) is 0 Å². The van der Waals surface area contributed by atoms with Gasteiger partial charge in [0.2, 0.25) is 0 Å². The number of hydrogen-bond donors (Lipinski definition) is 2. The number of benzene rings is 2. The van der Waals surface area contributed by atoms with Crippen molar-refractivity contribution in [2.24, 2.45) is 0 Å². The second kappa shape index (κ2) is 7.65. The molecule has 0 aliphatic heterocycles. The number of rotatable bonds is 5. The normalized spacial score (nSPS) is 11.7. The van der Waals surface area contributed by atoms with Crippen molar-refractivity contribution in [1.29, 1.82) is 0 Å². The fraction of sp³-hybridized carbons (Fsp3) is 0.235. The molecule has 1 atom stereocenters. The van der Waals surface area contributed by atoms with Crippen LogP contribution in [0.4, 0.5) is 0 Å². The van der Waals surface area contributed by atoms with Gasteiger partial charge in [0.1, 0.15) is 0 Å². The van der Waals surface area contributed by atoms with E-state index in [1.54, 1.807) is 0 Å². The van der Waals surface area contributed by atoms with Crippen LogP contribution in [0.1, 0.15) is 24.1 Å². The Balaban J connectivity index is 1.73. The Morgan fingerprint density at radius 3 is 2.25 bits per heavy atom. The molecule has 0 heterocycles. The molecule has 20 heavy (non-hydrogen) atoms. The van der Waals surface area contributed by atoms with Gasteiger partial charge >= 0.3 is 0 Å². The largest absolute Gasteiger partial charge is 0.362 e. The van der Waals surface area contributed by atoms with Crippen LogP contribution in [0.5, 0.6) is 0 Å². The first-order valence-electron chi connectivity index (χ1n) is 6.89. The van der Waals surface area contributed by atoms with Crippen molar-refractivity contribution in [2.45, 2.75) is 19.4 Å². The first-order chi connectivity index (χ1) is 9.75. The van der Waals surface area contributed by atoms with Gasteiger partial charge in [-0.05, 0) is 36.7 Å². The lowest BCUT2D eigenvalue weighted by Crippen LogP contribution is -2.37. The molecular formula is C17H20N2S. The molecule has 0 saturated heterocycles. The van der Waals surface area contributed by atoms with E-state index in [4.69, 9.17) is 12.2 Å². The highest BCUT2D eigenvalue weighted by Crippen LogP contribution is 2.10. The summed E-state index contributed by atoms with van der Waals surface area (Å²) >= 11 is 5.32. The van der Waals surface area contributed by atoms with Crippen LogP contribution in [0.25, 0.3) is 0 Å². The van der Waals surface area contributed by atoms with Crippen LogP contribution in [-0.2, 0) is 6.42 Å². The Bertz CT molecular complexity index is 525. The summed E-state index contributed by atoms with van der Waals surface area (Å²) in [7, 11) is 0. The van der Waals surface area contributed by atoms with E-state index in [0.717, 1.165) is 13.0 Å². The van der Waals surface area contributed by atoms with E-state index in [1.807, 2.05) is 24.3 Å². The average molecular weight is 284 g/mol. The van der Waals surface area contributed by atoms with Gasteiger partial charge < -0.3 is 10.6 Å². The maximum absolute atomic E-state index is 5.32. The van der Waals surface area contributed by atoms with Gasteiger partial charge in [0, 0.05) is 6.54 Å². The van der Waals surface area contributed by atoms with Crippen LogP contribution in [0, 0.1) is 0 Å². The van der Waals surface area contributed by atoms with Crippen molar-refractivity contribution in [1.82, 2.24) is 10.6 Å². The minimum Gasteiger partial charge on any atom is -0.362 e. The minimum absolute atomic E-state index is 0.216. The van der Waals surface area contributed by atoms with Crippen molar-refractivity contribution in [3.05, 3.63) is 71.8 Å². The van der Waals surface area contributed by atoms with Gasteiger partial charge in [0.05, 0.1) is 6.04 Å². The van der Waals surface area contributed by atoms with Crippen molar-refractivity contribution in [2.75, 3.05) is 6.54 Å². The van der Waals surface area contributed by atoms with E-state index < -0.39 is 0 Å². The molecule has 0 saturated carbocycles. The molecule has 0 aliphatic carbocycles. The van der Waals surface area contributed by atoms with E-state index in [1.165, 1.54) is 11.1 Å². The van der Waals surface area contributed by atoms with E-state index in [9.17, 15) is 0 Å². The highest BCUT2D eigenvalue weighted by molar-refractivity contribution is 7.80. The van der Waals surface area contributed by atoms with Crippen LogP contribution in [0.3, 0.4) is 0 Å². The first kappa shape index (κ1) is 14.5. The Labute approximate surface area is 126 Å². The smallest absolute Gasteiger partial charge is 0.166 e. The number of nitrogens with one attached hydrogen (secondary N) is 2. The van der Waals surface area contributed by atoms with Gasteiger partial charge in [-0.15, -0.1) is 0 Å². The molecule has 2 rings (SSSR count). The molecule has 2 aromatic carbocycles. The van der Waals surface area contributed by atoms with Crippen molar-refractivity contribution in [3.8, 4) is 0 Å². The summed E-state index contributed by atoms with van der Waals surface area (Å²) in [6, 6.07) is 20.9. The predicted octanol–water partition coefficient (Wildman–Crippen LogP) is 3.45. The second-order valence-corrected chi connectivity index (χ2v) is 5.18. The molecule has 0 spiro atoms. The summed E-state index contributed by atoms with van der Waals surface area (Å²) in [4.78, 5) is 0. The van der Waals surface area contributed by atoms with Crippen LogP contribution in [-0.4, -0.2) is 11.7 Å². The molecule has 2 nitrogen and oxygen atoms in total. The van der Waals surface area contributed by atoms with Crippen molar-refractivity contribution < 1.29 is 0 Å². The molecule has 0 radical (unpaired) electrons. The van der Waals surface area contributed by atoms with E-state index in [-0.39, 0.29) is 6.04 Å². The van der Waals surface area contributed by atoms with Crippen LogP contribution >= 0.6 is 12.2 Å². The maximum atomic E-state index is 5.32. The molecule has 104 valence electrons. The summed E-state index contributed by atoms with van der Waals surface area (Å²) in [6.45, 7) is 2.96. The van der Waals surface area contributed by atoms with Gasteiger partial charge in [0.25, 0.3) is 0 Å². The highest BCUT2D eigenvalue weighted by Gasteiger charge is 2.05. The third-order valence-corrected chi connectivity index (χ3v) is 3.45. The minimum atomic E-state index is 0.216. The van der Waals surface area contributed by atoms with Gasteiger partial charge in [-0.25, -0.2) is 0 Å². The zero-order chi connectivity index (χ0) is 14.2. The third-order valence-electron chi connectivity index (χ3n) is 3.19. The molecule has 2 N–H and O–H groups in total. The maximum Gasteiger partial charge on any atom is 0.166 e. The van der Waals surface area contributed by atoms with E-state index in [0.29, 0.717) is 5.11 Å². The molecule has 2 aromatic rings. The highest BCUT2D eigenvalue weighted by atomic mass is 32.1. The summed E-state index contributed by atoms with van der Waals surface area (Å²) < 4.78 is 0. The first-order valence-corrected chi connectivity index (χ1v) is 7.30. The summed E-state index contributed by atoms with van der Waals surface area (Å²) in [6.07, 6.45) is 0.975. The lowest BCUT2D eigenvalue weighted by Gasteiger charge is -2.17. The topological polar surface area (TPSA) is 24.1 Å². The Hall–Kier alpha value is -1.87. The molecule has 0 amide bonds. The fourth-order valence-corrected chi connectivity index (χ4v) is 2.32. The third kappa shape index (κ3) is 4.67. The lowest BCUT2D eigenvalue weighted by atomic mass is 10.1. The molecule has 0 fully saturated rings.